The molecule has 0 amide bonds. The quantitative estimate of drug-likeness (QED) is 0.813. The Balaban J connectivity index is 0.00000242. The van der Waals surface area contributed by atoms with E-state index in [9.17, 15) is 8.42 Å². The van der Waals surface area contributed by atoms with E-state index in [4.69, 9.17) is 15.2 Å². The number of sulfonamides is 1. The summed E-state index contributed by atoms with van der Waals surface area (Å²) in [4.78, 5) is 0.161. The van der Waals surface area contributed by atoms with Crippen LogP contribution >= 0.6 is 28.3 Å². The van der Waals surface area contributed by atoms with Gasteiger partial charge in [-0.2, -0.15) is 4.31 Å². The number of piperidine rings is 1. The summed E-state index contributed by atoms with van der Waals surface area (Å²) >= 11 is 3.30. The van der Waals surface area contributed by atoms with Crippen LogP contribution in [0.2, 0.25) is 0 Å². The van der Waals surface area contributed by atoms with Gasteiger partial charge in [-0.1, -0.05) is 0 Å². The van der Waals surface area contributed by atoms with Crippen LogP contribution in [0, 0.1) is 0 Å². The van der Waals surface area contributed by atoms with E-state index in [0.29, 0.717) is 29.1 Å². The third-order valence-corrected chi connectivity index (χ3v) is 6.30. The zero-order valence-electron chi connectivity index (χ0n) is 12.4. The molecule has 1 atom stereocenters. The van der Waals surface area contributed by atoms with Gasteiger partial charge in [0.25, 0.3) is 0 Å². The highest BCUT2D eigenvalue weighted by Gasteiger charge is 2.31. The van der Waals surface area contributed by atoms with Crippen molar-refractivity contribution in [2.75, 3.05) is 27.3 Å². The molecule has 1 heterocycles. The molecule has 9 heteroatoms. The Kier molecular flexibility index (Phi) is 6.94. The maximum atomic E-state index is 12.8. The van der Waals surface area contributed by atoms with Crippen LogP contribution in [-0.2, 0) is 10.0 Å². The summed E-state index contributed by atoms with van der Waals surface area (Å²) in [7, 11) is -0.639. The Morgan fingerprint density at radius 1 is 1.27 bits per heavy atom. The standard InChI is InChI=1S/C13H19BrN2O4S.ClH/c1-19-11-6-10(14)13(7-12(11)20-2)21(17,18)16-5-3-4-9(15)8-16;/h6-7,9H,3-5,8,15H2,1-2H3;1H. The highest BCUT2D eigenvalue weighted by molar-refractivity contribution is 9.10. The summed E-state index contributed by atoms with van der Waals surface area (Å²) < 4.78 is 37.7. The zero-order chi connectivity index (χ0) is 15.6. The number of benzene rings is 1. The molecule has 1 aliphatic rings. The van der Waals surface area contributed by atoms with Crippen LogP contribution in [0.4, 0.5) is 0 Å². The van der Waals surface area contributed by atoms with Crippen LogP contribution in [0.25, 0.3) is 0 Å². The molecule has 0 saturated carbocycles. The lowest BCUT2D eigenvalue weighted by Crippen LogP contribution is -2.45. The van der Waals surface area contributed by atoms with Crippen LogP contribution < -0.4 is 15.2 Å². The average Bonchev–Trinajstić information content (AvgIpc) is 2.46. The van der Waals surface area contributed by atoms with Crippen molar-refractivity contribution < 1.29 is 17.9 Å². The Hall–Kier alpha value is -0.540. The lowest BCUT2D eigenvalue weighted by atomic mass is 10.1. The van der Waals surface area contributed by atoms with Crippen molar-refractivity contribution in [3.8, 4) is 11.5 Å². The van der Waals surface area contributed by atoms with Gasteiger partial charge >= 0.3 is 0 Å². The third kappa shape index (κ3) is 3.86. The highest BCUT2D eigenvalue weighted by Crippen LogP contribution is 2.37. The molecule has 1 fully saturated rings. The van der Waals surface area contributed by atoms with Crippen molar-refractivity contribution >= 4 is 38.4 Å². The van der Waals surface area contributed by atoms with Crippen molar-refractivity contribution in [1.82, 2.24) is 4.31 Å². The first kappa shape index (κ1) is 19.5. The minimum atomic E-state index is -3.61. The fourth-order valence-corrected chi connectivity index (χ4v) is 4.90. The minimum Gasteiger partial charge on any atom is -0.493 e. The second kappa shape index (κ2) is 7.83. The first-order chi connectivity index (χ1) is 9.90. The molecule has 0 aliphatic carbocycles. The SMILES string of the molecule is COc1cc(Br)c(S(=O)(=O)N2CCCC(N)C2)cc1OC.Cl. The van der Waals surface area contributed by atoms with Crippen molar-refractivity contribution in [2.45, 2.75) is 23.8 Å². The van der Waals surface area contributed by atoms with E-state index < -0.39 is 10.0 Å². The predicted molar refractivity (Wildman–Crippen MR) is 90.5 cm³/mol. The fraction of sp³-hybridized carbons (Fsp3) is 0.538. The van der Waals surface area contributed by atoms with E-state index in [2.05, 4.69) is 15.9 Å². The summed E-state index contributed by atoms with van der Waals surface area (Å²) in [6.07, 6.45) is 1.62. The molecular weight excluding hydrogens is 396 g/mol. The lowest BCUT2D eigenvalue weighted by Gasteiger charge is -2.30. The van der Waals surface area contributed by atoms with Gasteiger partial charge in [0.1, 0.15) is 4.90 Å². The molecular formula is C13H20BrClN2O4S. The smallest absolute Gasteiger partial charge is 0.244 e. The minimum absolute atomic E-state index is 0. The molecule has 1 saturated heterocycles. The largest absolute Gasteiger partial charge is 0.493 e. The topological polar surface area (TPSA) is 81.9 Å². The Morgan fingerprint density at radius 2 is 1.86 bits per heavy atom. The molecule has 2 N–H and O–H groups in total. The van der Waals surface area contributed by atoms with Gasteiger partial charge in [0.05, 0.1) is 14.2 Å². The van der Waals surface area contributed by atoms with Crippen molar-refractivity contribution in [3.05, 3.63) is 16.6 Å². The molecule has 126 valence electrons. The van der Waals surface area contributed by atoms with Crippen molar-refractivity contribution in [3.63, 3.8) is 0 Å². The molecule has 1 unspecified atom stereocenters. The number of methoxy groups -OCH3 is 2. The Bertz CT molecular complexity index is 627. The fourth-order valence-electron chi connectivity index (χ4n) is 2.36. The molecule has 22 heavy (non-hydrogen) atoms. The van der Waals surface area contributed by atoms with Crippen LogP contribution in [0.1, 0.15) is 12.8 Å². The number of hydrogen-bond donors (Lipinski definition) is 1. The number of hydrogen-bond acceptors (Lipinski definition) is 5. The van der Waals surface area contributed by atoms with Gasteiger partial charge in [0, 0.05) is 29.7 Å². The molecule has 0 radical (unpaired) electrons. The highest BCUT2D eigenvalue weighted by atomic mass is 79.9. The monoisotopic (exact) mass is 414 g/mol. The first-order valence-electron chi connectivity index (χ1n) is 6.57. The van der Waals surface area contributed by atoms with E-state index in [1.807, 2.05) is 0 Å². The Morgan fingerprint density at radius 3 is 2.41 bits per heavy atom. The predicted octanol–water partition coefficient (Wildman–Crippen LogP) is 2.00. The van der Waals surface area contributed by atoms with E-state index in [1.54, 1.807) is 6.07 Å². The normalized spacial score (nSPS) is 19.4. The molecule has 6 nitrogen and oxygen atoms in total. The molecule has 1 aromatic rings. The summed E-state index contributed by atoms with van der Waals surface area (Å²) in [5.74, 6) is 0.847. The average molecular weight is 416 g/mol. The number of rotatable bonds is 4. The van der Waals surface area contributed by atoms with Gasteiger partial charge in [-0.3, -0.25) is 0 Å². The van der Waals surface area contributed by atoms with E-state index in [-0.39, 0.29) is 23.3 Å². The van der Waals surface area contributed by atoms with E-state index >= 15 is 0 Å². The molecule has 0 spiro atoms. The molecule has 2 rings (SSSR count). The van der Waals surface area contributed by atoms with Gasteiger partial charge in [-0.15, -0.1) is 12.4 Å². The van der Waals surface area contributed by atoms with E-state index in [1.165, 1.54) is 24.6 Å². The number of nitrogens with two attached hydrogens (primary N) is 1. The van der Waals surface area contributed by atoms with Crippen molar-refractivity contribution in [2.24, 2.45) is 5.73 Å². The molecule has 1 aromatic carbocycles. The Labute approximate surface area is 145 Å². The lowest BCUT2D eigenvalue weighted by molar-refractivity contribution is 0.315. The first-order valence-corrected chi connectivity index (χ1v) is 8.80. The number of halogens is 2. The molecule has 1 aliphatic heterocycles. The number of nitrogens with zero attached hydrogens (tertiary/aromatic N) is 1. The van der Waals surface area contributed by atoms with Gasteiger partial charge in [0.15, 0.2) is 11.5 Å². The second-order valence-electron chi connectivity index (χ2n) is 4.90. The van der Waals surface area contributed by atoms with E-state index in [0.717, 1.165) is 12.8 Å². The molecule has 0 bridgehead atoms. The van der Waals surface area contributed by atoms with Gasteiger partial charge in [-0.25, -0.2) is 8.42 Å². The van der Waals surface area contributed by atoms with Gasteiger partial charge in [-0.05, 0) is 34.8 Å². The number of ether oxygens (including phenoxy) is 2. The maximum absolute atomic E-state index is 12.8. The molecule has 0 aromatic heterocycles. The summed E-state index contributed by atoms with van der Waals surface area (Å²) in [5, 5.41) is 0. The summed E-state index contributed by atoms with van der Waals surface area (Å²) in [5.41, 5.74) is 5.88. The van der Waals surface area contributed by atoms with Crippen LogP contribution in [0.3, 0.4) is 0 Å². The van der Waals surface area contributed by atoms with Crippen LogP contribution in [0.15, 0.2) is 21.5 Å². The van der Waals surface area contributed by atoms with Crippen LogP contribution in [-0.4, -0.2) is 46.1 Å². The third-order valence-electron chi connectivity index (χ3n) is 3.48. The summed E-state index contributed by atoms with van der Waals surface area (Å²) in [6.45, 7) is 0.819. The van der Waals surface area contributed by atoms with Gasteiger partial charge < -0.3 is 15.2 Å². The van der Waals surface area contributed by atoms with Crippen molar-refractivity contribution in [1.29, 1.82) is 0 Å². The summed E-state index contributed by atoms with van der Waals surface area (Å²) in [6, 6.07) is 2.95. The van der Waals surface area contributed by atoms with Gasteiger partial charge in [0.2, 0.25) is 10.0 Å². The maximum Gasteiger partial charge on any atom is 0.244 e. The van der Waals surface area contributed by atoms with Crippen LogP contribution in [0.5, 0.6) is 11.5 Å². The second-order valence-corrected chi connectivity index (χ2v) is 7.66. The zero-order valence-corrected chi connectivity index (χ0v) is 15.6.